The Morgan fingerprint density at radius 2 is 1.72 bits per heavy atom. The molecule has 2 aromatic rings. The second kappa shape index (κ2) is 13.1. The number of guanidine groups is 1. The van der Waals surface area contributed by atoms with Gasteiger partial charge in [-0.3, -0.25) is 0 Å². The number of nitrogens with zero attached hydrogens (tertiary/aromatic N) is 1. The number of ether oxygens (including phenoxy) is 3. The third kappa shape index (κ3) is 7.62. The maximum absolute atomic E-state index is 10.6. The molecule has 0 heterocycles. The molecule has 3 N–H and O–H groups in total. The summed E-state index contributed by atoms with van der Waals surface area (Å²) < 4.78 is 15.8. The van der Waals surface area contributed by atoms with Gasteiger partial charge in [0.1, 0.15) is 17.2 Å². The third-order valence-electron chi connectivity index (χ3n) is 4.16. The summed E-state index contributed by atoms with van der Waals surface area (Å²) in [5.74, 6) is 2.68. The number of hydrogen-bond acceptors (Lipinski definition) is 5. The van der Waals surface area contributed by atoms with Gasteiger partial charge in [0.25, 0.3) is 0 Å². The van der Waals surface area contributed by atoms with Gasteiger partial charge in [0.15, 0.2) is 5.96 Å². The number of aliphatic imine (C=N–C) groups is 1. The topological polar surface area (TPSA) is 84.3 Å². The highest BCUT2D eigenvalue weighted by Gasteiger charge is 2.15. The smallest absolute Gasteiger partial charge is 0.191 e. The molecule has 2 aromatic carbocycles. The molecule has 0 bridgehead atoms. The number of halogens is 1. The normalized spacial score (nSPS) is 11.8. The zero-order valence-corrected chi connectivity index (χ0v) is 19.6. The SMILES string of the molecule is CCNC(=NCc1cccc(OC)c1)NCC(O)c1cc(OC)ccc1OC.I. The standard InChI is InChI=1S/C21H29N3O4.HI/c1-5-22-21(23-13-15-7-6-8-16(11-15)26-2)24-14-19(25)18-12-17(27-3)9-10-20(18)28-4;/h6-12,19,25H,5,13-14H2,1-4H3,(H2,22,23,24);1H. The lowest BCUT2D eigenvalue weighted by molar-refractivity contribution is 0.176. The van der Waals surface area contributed by atoms with Crippen LogP contribution in [0.4, 0.5) is 0 Å². The van der Waals surface area contributed by atoms with Crippen LogP contribution in [0.5, 0.6) is 17.2 Å². The van der Waals surface area contributed by atoms with Crippen molar-refractivity contribution in [2.75, 3.05) is 34.4 Å². The van der Waals surface area contributed by atoms with Gasteiger partial charge in [-0.05, 0) is 42.8 Å². The van der Waals surface area contributed by atoms with Gasteiger partial charge >= 0.3 is 0 Å². The van der Waals surface area contributed by atoms with Gasteiger partial charge in [0.2, 0.25) is 0 Å². The fraction of sp³-hybridized carbons (Fsp3) is 0.381. The van der Waals surface area contributed by atoms with Crippen molar-refractivity contribution in [2.45, 2.75) is 19.6 Å². The van der Waals surface area contributed by atoms with E-state index in [0.29, 0.717) is 36.1 Å². The van der Waals surface area contributed by atoms with Crippen molar-refractivity contribution < 1.29 is 19.3 Å². The van der Waals surface area contributed by atoms with E-state index >= 15 is 0 Å². The highest BCUT2D eigenvalue weighted by Crippen LogP contribution is 2.29. The average Bonchev–Trinajstić information content (AvgIpc) is 2.75. The quantitative estimate of drug-likeness (QED) is 0.271. The largest absolute Gasteiger partial charge is 0.497 e. The van der Waals surface area contributed by atoms with Crippen LogP contribution in [0.15, 0.2) is 47.5 Å². The molecule has 0 aliphatic rings. The second-order valence-electron chi connectivity index (χ2n) is 6.05. The summed E-state index contributed by atoms with van der Waals surface area (Å²) in [6.45, 7) is 3.46. The van der Waals surface area contributed by atoms with Gasteiger partial charge < -0.3 is 30.0 Å². The first-order valence-electron chi connectivity index (χ1n) is 9.16. The van der Waals surface area contributed by atoms with E-state index in [1.807, 2.05) is 31.2 Å². The van der Waals surface area contributed by atoms with Crippen molar-refractivity contribution >= 4 is 29.9 Å². The van der Waals surface area contributed by atoms with Crippen molar-refractivity contribution in [1.29, 1.82) is 0 Å². The van der Waals surface area contributed by atoms with Crippen LogP contribution in [-0.2, 0) is 6.54 Å². The minimum Gasteiger partial charge on any atom is -0.497 e. The van der Waals surface area contributed by atoms with E-state index in [1.165, 1.54) is 0 Å². The number of methoxy groups -OCH3 is 3. The van der Waals surface area contributed by atoms with Gasteiger partial charge in [-0.25, -0.2) is 4.99 Å². The lowest BCUT2D eigenvalue weighted by atomic mass is 10.1. The summed E-state index contributed by atoms with van der Waals surface area (Å²) >= 11 is 0. The Kier molecular flexibility index (Phi) is 11.2. The van der Waals surface area contributed by atoms with E-state index < -0.39 is 6.10 Å². The van der Waals surface area contributed by atoms with Gasteiger partial charge in [0, 0.05) is 18.7 Å². The molecule has 0 saturated heterocycles. The molecule has 0 radical (unpaired) electrons. The Hall–Kier alpha value is -2.20. The van der Waals surface area contributed by atoms with Crippen molar-refractivity contribution in [2.24, 2.45) is 4.99 Å². The number of aliphatic hydroxyl groups is 1. The molecular formula is C21H30IN3O4. The molecule has 7 nitrogen and oxygen atoms in total. The fourth-order valence-corrected chi connectivity index (χ4v) is 2.69. The zero-order chi connectivity index (χ0) is 20.4. The van der Waals surface area contributed by atoms with Crippen molar-refractivity contribution in [3.05, 3.63) is 53.6 Å². The Bertz CT molecular complexity index is 786. The van der Waals surface area contributed by atoms with E-state index in [0.717, 1.165) is 11.3 Å². The van der Waals surface area contributed by atoms with Gasteiger partial charge in [0.05, 0.1) is 34.0 Å². The molecule has 0 aliphatic heterocycles. The third-order valence-corrected chi connectivity index (χ3v) is 4.16. The number of rotatable bonds is 9. The Morgan fingerprint density at radius 3 is 2.38 bits per heavy atom. The van der Waals surface area contributed by atoms with Gasteiger partial charge in [-0.2, -0.15) is 0 Å². The summed E-state index contributed by atoms with van der Waals surface area (Å²) in [6, 6.07) is 13.1. The molecule has 0 amide bonds. The van der Waals surface area contributed by atoms with E-state index in [9.17, 15) is 5.11 Å². The number of aliphatic hydroxyl groups excluding tert-OH is 1. The first-order valence-corrected chi connectivity index (χ1v) is 9.16. The lowest BCUT2D eigenvalue weighted by Crippen LogP contribution is -2.39. The van der Waals surface area contributed by atoms with Crippen LogP contribution in [0.3, 0.4) is 0 Å². The highest BCUT2D eigenvalue weighted by molar-refractivity contribution is 14.0. The number of hydrogen-bond donors (Lipinski definition) is 3. The molecule has 1 unspecified atom stereocenters. The molecule has 0 aliphatic carbocycles. The summed E-state index contributed by atoms with van der Waals surface area (Å²) in [7, 11) is 4.80. The Balaban J connectivity index is 0.00000420. The van der Waals surface area contributed by atoms with Crippen LogP contribution in [0, 0.1) is 0 Å². The van der Waals surface area contributed by atoms with Crippen molar-refractivity contribution in [3.63, 3.8) is 0 Å². The van der Waals surface area contributed by atoms with E-state index in [2.05, 4.69) is 15.6 Å². The molecule has 0 spiro atoms. The van der Waals surface area contributed by atoms with Crippen LogP contribution >= 0.6 is 24.0 Å². The molecule has 0 saturated carbocycles. The monoisotopic (exact) mass is 515 g/mol. The summed E-state index contributed by atoms with van der Waals surface area (Å²) in [4.78, 5) is 4.57. The second-order valence-corrected chi connectivity index (χ2v) is 6.05. The van der Waals surface area contributed by atoms with E-state index in [4.69, 9.17) is 14.2 Å². The molecule has 160 valence electrons. The Morgan fingerprint density at radius 1 is 1.00 bits per heavy atom. The first-order chi connectivity index (χ1) is 13.6. The molecule has 0 aromatic heterocycles. The maximum atomic E-state index is 10.6. The first kappa shape index (κ1) is 24.8. The molecule has 8 heteroatoms. The Labute approximate surface area is 189 Å². The summed E-state index contributed by atoms with van der Waals surface area (Å²) in [5, 5.41) is 17.0. The van der Waals surface area contributed by atoms with Crippen molar-refractivity contribution in [1.82, 2.24) is 10.6 Å². The predicted molar refractivity (Wildman–Crippen MR) is 126 cm³/mol. The molecular weight excluding hydrogens is 485 g/mol. The maximum Gasteiger partial charge on any atom is 0.191 e. The summed E-state index contributed by atoms with van der Waals surface area (Å²) in [6.07, 6.45) is -0.786. The summed E-state index contributed by atoms with van der Waals surface area (Å²) in [5.41, 5.74) is 1.68. The number of benzene rings is 2. The van der Waals surface area contributed by atoms with Crippen LogP contribution in [0.25, 0.3) is 0 Å². The van der Waals surface area contributed by atoms with Gasteiger partial charge in [-0.15, -0.1) is 24.0 Å². The molecule has 29 heavy (non-hydrogen) atoms. The fourth-order valence-electron chi connectivity index (χ4n) is 2.69. The minimum absolute atomic E-state index is 0. The number of nitrogens with one attached hydrogen (secondary N) is 2. The van der Waals surface area contributed by atoms with Crippen LogP contribution < -0.4 is 24.8 Å². The van der Waals surface area contributed by atoms with E-state index in [-0.39, 0.29) is 30.5 Å². The van der Waals surface area contributed by atoms with Crippen LogP contribution in [0.2, 0.25) is 0 Å². The average molecular weight is 515 g/mol. The van der Waals surface area contributed by atoms with Crippen molar-refractivity contribution in [3.8, 4) is 17.2 Å². The van der Waals surface area contributed by atoms with Crippen LogP contribution in [0.1, 0.15) is 24.2 Å². The van der Waals surface area contributed by atoms with Gasteiger partial charge in [-0.1, -0.05) is 12.1 Å². The molecule has 1 atom stereocenters. The highest BCUT2D eigenvalue weighted by atomic mass is 127. The zero-order valence-electron chi connectivity index (χ0n) is 17.3. The van der Waals surface area contributed by atoms with E-state index in [1.54, 1.807) is 39.5 Å². The lowest BCUT2D eigenvalue weighted by Gasteiger charge is -2.18. The molecule has 0 fully saturated rings. The molecule has 2 rings (SSSR count). The predicted octanol–water partition coefficient (Wildman–Crippen LogP) is 3.12. The van der Waals surface area contributed by atoms with Crippen LogP contribution in [-0.4, -0.2) is 45.5 Å². The minimum atomic E-state index is -0.786.